The maximum Gasteiger partial charge on any atom is 0.340 e. The number of hydrogen-bond acceptors (Lipinski definition) is 7. The number of thiophene rings is 1. The van der Waals surface area contributed by atoms with Crippen molar-refractivity contribution in [3.05, 3.63) is 46.3 Å². The molecule has 9 heteroatoms. The monoisotopic (exact) mass is 377 g/mol. The Labute approximate surface area is 149 Å². The molecule has 0 saturated heterocycles. The average molecular weight is 377 g/mol. The summed E-state index contributed by atoms with van der Waals surface area (Å²) in [6, 6.07) is 8.38. The Kier molecular flexibility index (Phi) is 4.76. The molecule has 0 aliphatic carbocycles. The summed E-state index contributed by atoms with van der Waals surface area (Å²) in [4.78, 5) is 11.7. The predicted molar refractivity (Wildman–Crippen MR) is 93.1 cm³/mol. The zero-order chi connectivity index (χ0) is 18.0. The number of anilines is 1. The van der Waals surface area contributed by atoms with Gasteiger partial charge >= 0.3 is 5.97 Å². The van der Waals surface area contributed by atoms with E-state index in [2.05, 4.69) is 20.8 Å². The van der Waals surface area contributed by atoms with Gasteiger partial charge in [-0.1, -0.05) is 0 Å². The molecule has 0 radical (unpaired) electrons. The van der Waals surface area contributed by atoms with Gasteiger partial charge in [-0.3, -0.25) is 0 Å². The van der Waals surface area contributed by atoms with E-state index in [1.807, 2.05) is 6.07 Å². The lowest BCUT2D eigenvalue weighted by Crippen LogP contribution is -2.43. The first kappa shape index (κ1) is 17.4. The molecular formula is C16H15N3O4S2. The molecule has 2 aromatic rings. The Morgan fingerprint density at radius 1 is 1.44 bits per heavy atom. The Hall–Kier alpha value is -2.41. The van der Waals surface area contributed by atoms with Crippen molar-refractivity contribution in [3.8, 4) is 6.07 Å². The van der Waals surface area contributed by atoms with Gasteiger partial charge in [-0.25, -0.2) is 17.9 Å². The van der Waals surface area contributed by atoms with Gasteiger partial charge in [0.1, 0.15) is 4.21 Å². The Morgan fingerprint density at radius 2 is 2.24 bits per heavy atom. The normalized spacial score (nSPS) is 16.4. The van der Waals surface area contributed by atoms with E-state index in [4.69, 9.17) is 5.26 Å². The summed E-state index contributed by atoms with van der Waals surface area (Å²) in [5.74, 6) is -0.688. The van der Waals surface area contributed by atoms with Gasteiger partial charge in [0.05, 0.1) is 24.3 Å². The second-order valence-corrected chi connectivity index (χ2v) is 8.33. The maximum absolute atomic E-state index is 12.6. The molecule has 1 aromatic heterocycles. The molecule has 0 bridgehead atoms. The average Bonchev–Trinajstić information content (AvgIpc) is 3.11. The highest BCUT2D eigenvalue weighted by Crippen LogP contribution is 2.26. The number of ether oxygens (including phenoxy) is 1. The van der Waals surface area contributed by atoms with Crippen molar-refractivity contribution < 1.29 is 17.9 Å². The second-order valence-electron chi connectivity index (χ2n) is 5.50. The molecule has 0 fully saturated rings. The van der Waals surface area contributed by atoms with Crippen molar-refractivity contribution in [2.24, 2.45) is 0 Å². The molecule has 2 heterocycles. The summed E-state index contributed by atoms with van der Waals surface area (Å²) in [5, 5.41) is 13.7. The summed E-state index contributed by atoms with van der Waals surface area (Å²) in [6.07, 6.45) is 0.454. The third-order valence-electron chi connectivity index (χ3n) is 3.84. The van der Waals surface area contributed by atoms with Crippen molar-refractivity contribution in [1.29, 1.82) is 5.26 Å². The third kappa shape index (κ3) is 3.51. The fourth-order valence-corrected chi connectivity index (χ4v) is 5.27. The van der Waals surface area contributed by atoms with Crippen LogP contribution in [0.4, 0.5) is 5.69 Å². The van der Waals surface area contributed by atoms with E-state index in [0.717, 1.165) is 22.6 Å². The highest BCUT2D eigenvalue weighted by molar-refractivity contribution is 7.91. The van der Waals surface area contributed by atoms with Crippen LogP contribution in [-0.2, 0) is 21.2 Å². The highest BCUT2D eigenvalue weighted by atomic mass is 32.2. The van der Waals surface area contributed by atoms with Crippen LogP contribution in [0.3, 0.4) is 0 Å². The summed E-state index contributed by atoms with van der Waals surface area (Å²) < 4.78 is 32.5. The largest absolute Gasteiger partial charge is 0.465 e. The number of carbonyl (C=O) groups excluding carboxylic acids is 1. The molecule has 25 heavy (non-hydrogen) atoms. The molecule has 130 valence electrons. The molecule has 1 atom stereocenters. The highest BCUT2D eigenvalue weighted by Gasteiger charge is 2.29. The molecule has 3 rings (SSSR count). The van der Waals surface area contributed by atoms with Gasteiger partial charge in [-0.2, -0.15) is 5.26 Å². The van der Waals surface area contributed by atoms with E-state index in [0.29, 0.717) is 18.5 Å². The lowest BCUT2D eigenvalue weighted by Gasteiger charge is -2.26. The molecule has 0 saturated carbocycles. The number of fused-ring (bicyclic) bond motifs is 1. The molecule has 2 N–H and O–H groups in total. The molecular weight excluding hydrogens is 362 g/mol. The minimum absolute atomic E-state index is 0.0240. The van der Waals surface area contributed by atoms with E-state index >= 15 is 0 Å². The van der Waals surface area contributed by atoms with Crippen molar-refractivity contribution in [2.75, 3.05) is 19.0 Å². The Morgan fingerprint density at radius 3 is 2.96 bits per heavy atom. The molecule has 7 nitrogen and oxygen atoms in total. The number of hydrogen-bond donors (Lipinski definition) is 2. The number of rotatable bonds is 4. The molecule has 1 aliphatic rings. The summed E-state index contributed by atoms with van der Waals surface area (Å²) in [5.41, 5.74) is 2.31. The molecule has 1 aromatic carbocycles. The van der Waals surface area contributed by atoms with E-state index in [1.54, 1.807) is 12.1 Å². The fourth-order valence-electron chi connectivity index (χ4n) is 2.70. The number of nitrogens with one attached hydrogen (secondary N) is 2. The van der Waals surface area contributed by atoms with Crippen molar-refractivity contribution in [3.63, 3.8) is 0 Å². The van der Waals surface area contributed by atoms with E-state index in [9.17, 15) is 13.2 Å². The van der Waals surface area contributed by atoms with Gasteiger partial charge in [0.2, 0.25) is 0 Å². The number of esters is 1. The number of carbonyl (C=O) groups is 1. The van der Waals surface area contributed by atoms with Crippen LogP contribution < -0.4 is 10.0 Å². The van der Waals surface area contributed by atoms with Crippen LogP contribution >= 0.6 is 11.3 Å². The standard InChI is InChI=1S/C16H15N3O4S2/c1-23-15(20)13-4-5-24-16(13)25(21,22)19-12-7-11-6-10(8-17)2-3-14(11)18-9-12/h2-6,12,18-19H,7,9H2,1H3. The van der Waals surface area contributed by atoms with Crippen molar-refractivity contribution in [1.82, 2.24) is 4.72 Å². The molecule has 1 unspecified atom stereocenters. The summed E-state index contributed by atoms with van der Waals surface area (Å²) in [6.45, 7) is 0.414. The van der Waals surface area contributed by atoms with Gasteiger partial charge < -0.3 is 10.1 Å². The van der Waals surface area contributed by atoms with Crippen LogP contribution in [0.5, 0.6) is 0 Å². The minimum Gasteiger partial charge on any atom is -0.465 e. The van der Waals surface area contributed by atoms with E-state index < -0.39 is 16.0 Å². The molecule has 0 amide bonds. The lowest BCUT2D eigenvalue weighted by atomic mass is 9.98. The summed E-state index contributed by atoms with van der Waals surface area (Å²) >= 11 is 0.966. The van der Waals surface area contributed by atoms with Gasteiger partial charge in [0, 0.05) is 18.3 Å². The van der Waals surface area contributed by atoms with E-state index in [-0.39, 0.29) is 15.8 Å². The number of nitriles is 1. The molecule has 1 aliphatic heterocycles. The Balaban J connectivity index is 1.82. The first-order valence-corrected chi connectivity index (χ1v) is 9.76. The number of benzene rings is 1. The predicted octanol–water partition coefficient (Wildman–Crippen LogP) is 1.72. The second kappa shape index (κ2) is 6.84. The fraction of sp³-hybridized carbons (Fsp3) is 0.250. The Bertz CT molecular complexity index is 960. The first-order chi connectivity index (χ1) is 11.9. The van der Waals surface area contributed by atoms with Crippen molar-refractivity contribution in [2.45, 2.75) is 16.7 Å². The smallest absolute Gasteiger partial charge is 0.340 e. The van der Waals surface area contributed by atoms with Crippen LogP contribution in [0.25, 0.3) is 0 Å². The van der Waals surface area contributed by atoms with Crippen molar-refractivity contribution >= 4 is 33.0 Å². The first-order valence-electron chi connectivity index (χ1n) is 7.39. The van der Waals surface area contributed by atoms with Crippen LogP contribution in [0.1, 0.15) is 21.5 Å². The summed E-state index contributed by atoms with van der Waals surface area (Å²) in [7, 11) is -2.65. The number of nitrogens with zero attached hydrogens (tertiary/aromatic N) is 1. The topological polar surface area (TPSA) is 108 Å². The van der Waals surface area contributed by atoms with Gasteiger partial charge in [-0.05, 0) is 41.6 Å². The zero-order valence-corrected chi connectivity index (χ0v) is 14.9. The van der Waals surface area contributed by atoms with Crippen LogP contribution in [-0.4, -0.2) is 34.1 Å². The maximum atomic E-state index is 12.6. The van der Waals surface area contributed by atoms with Gasteiger partial charge in [0.15, 0.2) is 0 Å². The SMILES string of the molecule is COC(=O)c1ccsc1S(=O)(=O)NC1CNc2ccc(C#N)cc2C1. The molecule has 0 spiro atoms. The minimum atomic E-state index is -3.86. The lowest BCUT2D eigenvalue weighted by molar-refractivity contribution is 0.0597. The van der Waals surface area contributed by atoms with Crippen LogP contribution in [0.15, 0.2) is 33.9 Å². The zero-order valence-electron chi connectivity index (χ0n) is 13.3. The van der Waals surface area contributed by atoms with Crippen LogP contribution in [0.2, 0.25) is 0 Å². The quantitative estimate of drug-likeness (QED) is 0.786. The van der Waals surface area contributed by atoms with Gasteiger partial charge in [-0.15, -0.1) is 11.3 Å². The number of sulfonamides is 1. The van der Waals surface area contributed by atoms with Gasteiger partial charge in [0.25, 0.3) is 10.0 Å². The van der Waals surface area contributed by atoms with Crippen LogP contribution in [0, 0.1) is 11.3 Å². The van der Waals surface area contributed by atoms with E-state index in [1.165, 1.54) is 18.6 Å². The third-order valence-corrected chi connectivity index (χ3v) is 6.85. The number of methoxy groups -OCH3 is 1.